The van der Waals surface area contributed by atoms with Gasteiger partial charge in [-0.3, -0.25) is 0 Å². The van der Waals surface area contributed by atoms with Crippen LogP contribution in [0.25, 0.3) is 0 Å². The molecule has 2 unspecified atom stereocenters. The third-order valence-corrected chi connectivity index (χ3v) is 3.87. The molecule has 1 saturated carbocycles. The third kappa shape index (κ3) is 2.27. The van der Waals surface area contributed by atoms with Crippen LogP contribution in [0.3, 0.4) is 0 Å². The van der Waals surface area contributed by atoms with E-state index in [1.165, 1.54) is 18.1 Å². The van der Waals surface area contributed by atoms with Gasteiger partial charge < -0.3 is 5.73 Å². The molecule has 0 heterocycles. The van der Waals surface area contributed by atoms with Crippen molar-refractivity contribution in [2.24, 2.45) is 17.1 Å². The average molecular weight is 221 g/mol. The van der Waals surface area contributed by atoms with Gasteiger partial charge in [0.25, 0.3) is 0 Å². The van der Waals surface area contributed by atoms with E-state index in [4.69, 9.17) is 5.73 Å². The molecule has 0 spiro atoms. The van der Waals surface area contributed by atoms with Crippen LogP contribution in [0.4, 0.5) is 4.39 Å². The Morgan fingerprint density at radius 2 is 2.12 bits per heavy atom. The summed E-state index contributed by atoms with van der Waals surface area (Å²) in [6.07, 6.45) is 2.08. The van der Waals surface area contributed by atoms with Crippen molar-refractivity contribution in [2.75, 3.05) is 0 Å². The fraction of sp³-hybridized carbons (Fsp3) is 0.571. The van der Waals surface area contributed by atoms with Crippen molar-refractivity contribution in [3.05, 3.63) is 35.1 Å². The van der Waals surface area contributed by atoms with Crippen molar-refractivity contribution in [3.8, 4) is 0 Å². The summed E-state index contributed by atoms with van der Waals surface area (Å²) < 4.78 is 12.9. The molecule has 0 radical (unpaired) electrons. The van der Waals surface area contributed by atoms with E-state index in [1.807, 2.05) is 13.0 Å². The molecule has 0 aromatic heterocycles. The summed E-state index contributed by atoms with van der Waals surface area (Å²) in [5, 5.41) is 0. The van der Waals surface area contributed by atoms with E-state index >= 15 is 0 Å². The number of aryl methyl sites for hydroxylation is 1. The predicted molar refractivity (Wildman–Crippen MR) is 64.7 cm³/mol. The first-order valence-electron chi connectivity index (χ1n) is 5.91. The second-order valence-corrected chi connectivity index (χ2v) is 5.74. The Morgan fingerprint density at radius 1 is 1.50 bits per heavy atom. The molecule has 2 N–H and O–H groups in total. The van der Waals surface area contributed by atoms with Gasteiger partial charge in [-0.25, -0.2) is 4.39 Å². The standard InChI is InChI=1S/C14H20FN/c1-9-6-11(15)5-4-10(9)7-13(16)12-8-14(12,2)3/h4-6,12-13H,7-8,16H2,1-3H3. The fourth-order valence-electron chi connectivity index (χ4n) is 2.52. The minimum absolute atomic E-state index is 0.165. The van der Waals surface area contributed by atoms with Crippen molar-refractivity contribution >= 4 is 0 Å². The Morgan fingerprint density at radius 3 is 2.62 bits per heavy atom. The molecular weight excluding hydrogens is 201 g/mol. The molecule has 0 saturated heterocycles. The minimum atomic E-state index is -0.165. The first-order chi connectivity index (χ1) is 7.40. The topological polar surface area (TPSA) is 26.0 Å². The summed E-state index contributed by atoms with van der Waals surface area (Å²) in [7, 11) is 0. The Bertz CT molecular complexity index is 398. The van der Waals surface area contributed by atoms with Crippen molar-refractivity contribution in [3.63, 3.8) is 0 Å². The summed E-state index contributed by atoms with van der Waals surface area (Å²) in [4.78, 5) is 0. The highest BCUT2D eigenvalue weighted by Gasteiger charge is 2.48. The van der Waals surface area contributed by atoms with Gasteiger partial charge in [0.1, 0.15) is 5.82 Å². The van der Waals surface area contributed by atoms with Gasteiger partial charge in [-0.1, -0.05) is 19.9 Å². The maximum absolute atomic E-state index is 12.9. The van der Waals surface area contributed by atoms with E-state index in [2.05, 4.69) is 13.8 Å². The Hall–Kier alpha value is -0.890. The number of nitrogens with two attached hydrogens (primary N) is 1. The van der Waals surface area contributed by atoms with Crippen molar-refractivity contribution in [2.45, 2.75) is 39.7 Å². The van der Waals surface area contributed by atoms with E-state index in [0.29, 0.717) is 11.3 Å². The van der Waals surface area contributed by atoms with Gasteiger partial charge in [0.2, 0.25) is 0 Å². The van der Waals surface area contributed by atoms with E-state index in [0.717, 1.165) is 12.0 Å². The van der Waals surface area contributed by atoms with E-state index in [-0.39, 0.29) is 11.9 Å². The van der Waals surface area contributed by atoms with Crippen molar-refractivity contribution in [1.29, 1.82) is 0 Å². The lowest BCUT2D eigenvalue weighted by Gasteiger charge is -2.15. The zero-order valence-corrected chi connectivity index (χ0v) is 10.3. The normalized spacial score (nSPS) is 24.2. The molecule has 1 aliphatic rings. The number of hydrogen-bond acceptors (Lipinski definition) is 1. The van der Waals surface area contributed by atoms with Crippen molar-refractivity contribution in [1.82, 2.24) is 0 Å². The smallest absolute Gasteiger partial charge is 0.123 e. The number of halogens is 1. The highest BCUT2D eigenvalue weighted by Crippen LogP contribution is 2.53. The van der Waals surface area contributed by atoms with Gasteiger partial charge >= 0.3 is 0 Å². The monoisotopic (exact) mass is 221 g/mol. The highest BCUT2D eigenvalue weighted by atomic mass is 19.1. The van der Waals surface area contributed by atoms with Crippen LogP contribution < -0.4 is 5.73 Å². The van der Waals surface area contributed by atoms with Crippen LogP contribution >= 0.6 is 0 Å². The van der Waals surface area contributed by atoms with Crippen LogP contribution in [0, 0.1) is 24.1 Å². The molecule has 88 valence electrons. The summed E-state index contributed by atoms with van der Waals surface area (Å²) >= 11 is 0. The molecule has 1 aromatic carbocycles. The number of hydrogen-bond donors (Lipinski definition) is 1. The number of rotatable bonds is 3. The van der Waals surface area contributed by atoms with Gasteiger partial charge in [-0.05, 0) is 54.4 Å². The van der Waals surface area contributed by atoms with Gasteiger partial charge in [0, 0.05) is 6.04 Å². The molecule has 0 bridgehead atoms. The Balaban J connectivity index is 2.04. The molecule has 1 aromatic rings. The van der Waals surface area contributed by atoms with Gasteiger partial charge in [-0.2, -0.15) is 0 Å². The van der Waals surface area contributed by atoms with Crippen LogP contribution in [-0.4, -0.2) is 6.04 Å². The second-order valence-electron chi connectivity index (χ2n) is 5.74. The van der Waals surface area contributed by atoms with Gasteiger partial charge in [-0.15, -0.1) is 0 Å². The zero-order chi connectivity index (χ0) is 11.9. The second kappa shape index (κ2) is 3.85. The molecule has 0 amide bonds. The first kappa shape index (κ1) is 11.6. The SMILES string of the molecule is Cc1cc(F)ccc1CC(N)C1CC1(C)C. The lowest BCUT2D eigenvalue weighted by molar-refractivity contribution is 0.476. The molecule has 2 heteroatoms. The summed E-state index contributed by atoms with van der Waals surface area (Å²) in [6, 6.07) is 5.17. The largest absolute Gasteiger partial charge is 0.327 e. The Labute approximate surface area is 96.9 Å². The molecule has 1 aliphatic carbocycles. The van der Waals surface area contributed by atoms with Crippen LogP contribution in [0.5, 0.6) is 0 Å². The molecular formula is C14H20FN. The molecule has 0 aliphatic heterocycles. The maximum Gasteiger partial charge on any atom is 0.123 e. The molecule has 1 nitrogen and oxygen atoms in total. The fourth-order valence-corrected chi connectivity index (χ4v) is 2.52. The molecule has 16 heavy (non-hydrogen) atoms. The predicted octanol–water partition coefficient (Wildman–Crippen LogP) is 3.05. The maximum atomic E-state index is 12.9. The minimum Gasteiger partial charge on any atom is -0.327 e. The van der Waals surface area contributed by atoms with Gasteiger partial charge in [0.05, 0.1) is 0 Å². The van der Waals surface area contributed by atoms with Crippen LogP contribution in [0.15, 0.2) is 18.2 Å². The highest BCUT2D eigenvalue weighted by molar-refractivity contribution is 5.28. The third-order valence-electron chi connectivity index (χ3n) is 3.87. The summed E-state index contributed by atoms with van der Waals surface area (Å²) in [5.41, 5.74) is 8.80. The molecule has 1 fully saturated rings. The Kier molecular flexibility index (Phi) is 2.79. The lowest BCUT2D eigenvalue weighted by atomic mass is 9.95. The summed E-state index contributed by atoms with van der Waals surface area (Å²) in [6.45, 7) is 6.47. The van der Waals surface area contributed by atoms with E-state index < -0.39 is 0 Å². The zero-order valence-electron chi connectivity index (χ0n) is 10.3. The van der Waals surface area contributed by atoms with Crippen LogP contribution in [0.2, 0.25) is 0 Å². The molecule has 2 atom stereocenters. The lowest BCUT2D eigenvalue weighted by Crippen LogP contribution is -2.27. The van der Waals surface area contributed by atoms with Crippen molar-refractivity contribution < 1.29 is 4.39 Å². The van der Waals surface area contributed by atoms with E-state index in [1.54, 1.807) is 6.07 Å². The number of benzene rings is 1. The quantitative estimate of drug-likeness (QED) is 0.834. The van der Waals surface area contributed by atoms with Crippen LogP contribution in [-0.2, 0) is 6.42 Å². The van der Waals surface area contributed by atoms with Gasteiger partial charge in [0.15, 0.2) is 0 Å². The average Bonchev–Trinajstić information content (AvgIpc) is 2.80. The van der Waals surface area contributed by atoms with Crippen LogP contribution in [0.1, 0.15) is 31.4 Å². The first-order valence-corrected chi connectivity index (χ1v) is 5.91. The van der Waals surface area contributed by atoms with E-state index in [9.17, 15) is 4.39 Å². The summed E-state index contributed by atoms with van der Waals surface area (Å²) in [5.74, 6) is 0.457. The molecule has 2 rings (SSSR count).